The Hall–Kier alpha value is -1.55. The van der Waals surface area contributed by atoms with Crippen LogP contribution in [0.2, 0.25) is 0 Å². The van der Waals surface area contributed by atoms with Crippen molar-refractivity contribution < 1.29 is 9.53 Å². The molecule has 1 amide bonds. The number of carbonyl (C=O) groups is 1. The molecule has 0 spiro atoms. The van der Waals surface area contributed by atoms with E-state index in [4.69, 9.17) is 10.5 Å². The van der Waals surface area contributed by atoms with E-state index in [9.17, 15) is 4.79 Å². The lowest BCUT2D eigenvalue weighted by Crippen LogP contribution is -2.26. The van der Waals surface area contributed by atoms with Crippen LogP contribution in [0.25, 0.3) is 0 Å². The van der Waals surface area contributed by atoms with Gasteiger partial charge in [0.2, 0.25) is 5.91 Å². The fourth-order valence-electron chi connectivity index (χ4n) is 2.51. The zero-order valence-electron chi connectivity index (χ0n) is 11.0. The third-order valence-electron chi connectivity index (χ3n) is 3.78. The number of amides is 1. The molecule has 4 heteroatoms. The van der Waals surface area contributed by atoms with Crippen LogP contribution in [-0.4, -0.2) is 18.6 Å². The van der Waals surface area contributed by atoms with Gasteiger partial charge in [-0.1, -0.05) is 6.07 Å². The highest BCUT2D eigenvalue weighted by Crippen LogP contribution is 2.31. The lowest BCUT2D eigenvalue weighted by molar-refractivity contribution is -0.121. The summed E-state index contributed by atoms with van der Waals surface area (Å²) in [7, 11) is 0. The Bertz CT molecular complexity index is 483. The summed E-state index contributed by atoms with van der Waals surface area (Å²) in [6, 6.07) is 6.65. The van der Waals surface area contributed by atoms with Crippen molar-refractivity contribution in [3.63, 3.8) is 0 Å². The van der Waals surface area contributed by atoms with Crippen molar-refractivity contribution in [1.29, 1.82) is 0 Å². The van der Waals surface area contributed by atoms with Gasteiger partial charge in [0.25, 0.3) is 0 Å². The Morgan fingerprint density at radius 1 is 1.37 bits per heavy atom. The molecule has 0 unspecified atom stereocenters. The van der Waals surface area contributed by atoms with Crippen molar-refractivity contribution >= 4 is 5.91 Å². The second kappa shape index (κ2) is 5.21. The SMILES string of the molecule is N[C@@H]1CCc2cc(OCCC(=O)NC3CC3)ccc21. The molecule has 0 aromatic heterocycles. The molecule has 0 bridgehead atoms. The van der Waals surface area contributed by atoms with Gasteiger partial charge < -0.3 is 15.8 Å². The van der Waals surface area contributed by atoms with Crippen molar-refractivity contribution in [2.75, 3.05) is 6.61 Å². The Morgan fingerprint density at radius 3 is 3.00 bits per heavy atom. The minimum atomic E-state index is 0.0886. The van der Waals surface area contributed by atoms with E-state index in [1.54, 1.807) is 0 Å². The molecule has 0 saturated heterocycles. The quantitative estimate of drug-likeness (QED) is 0.846. The molecule has 1 fully saturated rings. The summed E-state index contributed by atoms with van der Waals surface area (Å²) in [4.78, 5) is 11.5. The van der Waals surface area contributed by atoms with Crippen LogP contribution in [-0.2, 0) is 11.2 Å². The molecule has 0 radical (unpaired) electrons. The van der Waals surface area contributed by atoms with Crippen LogP contribution in [0.4, 0.5) is 0 Å². The molecule has 1 aromatic carbocycles. The minimum Gasteiger partial charge on any atom is -0.493 e. The second-order valence-electron chi connectivity index (χ2n) is 5.45. The number of nitrogens with two attached hydrogens (primary N) is 1. The lowest BCUT2D eigenvalue weighted by atomic mass is 10.1. The number of carbonyl (C=O) groups excluding carboxylic acids is 1. The van der Waals surface area contributed by atoms with Gasteiger partial charge in [-0.3, -0.25) is 4.79 Å². The van der Waals surface area contributed by atoms with Gasteiger partial charge in [0.05, 0.1) is 13.0 Å². The van der Waals surface area contributed by atoms with Gasteiger partial charge >= 0.3 is 0 Å². The van der Waals surface area contributed by atoms with Gasteiger partial charge in [-0.2, -0.15) is 0 Å². The van der Waals surface area contributed by atoms with E-state index in [1.807, 2.05) is 12.1 Å². The molecule has 2 aliphatic rings. The van der Waals surface area contributed by atoms with Crippen LogP contribution in [0.5, 0.6) is 5.75 Å². The first-order valence-corrected chi connectivity index (χ1v) is 7.03. The summed E-state index contributed by atoms with van der Waals surface area (Å²) in [5.74, 6) is 0.928. The molecule has 1 atom stereocenters. The predicted molar refractivity (Wildman–Crippen MR) is 73.0 cm³/mol. The molecule has 3 rings (SSSR count). The zero-order valence-corrected chi connectivity index (χ0v) is 11.0. The average Bonchev–Trinajstić information content (AvgIpc) is 3.13. The maximum Gasteiger partial charge on any atom is 0.223 e. The summed E-state index contributed by atoms with van der Waals surface area (Å²) >= 11 is 0. The summed E-state index contributed by atoms with van der Waals surface area (Å²) < 4.78 is 5.64. The highest BCUT2D eigenvalue weighted by molar-refractivity contribution is 5.76. The highest BCUT2D eigenvalue weighted by atomic mass is 16.5. The van der Waals surface area contributed by atoms with E-state index in [1.165, 1.54) is 11.1 Å². The topological polar surface area (TPSA) is 64.3 Å². The van der Waals surface area contributed by atoms with E-state index in [0.717, 1.165) is 31.4 Å². The van der Waals surface area contributed by atoms with Crippen molar-refractivity contribution in [3.05, 3.63) is 29.3 Å². The third-order valence-corrected chi connectivity index (χ3v) is 3.78. The number of rotatable bonds is 5. The molecule has 2 aliphatic carbocycles. The van der Waals surface area contributed by atoms with E-state index < -0.39 is 0 Å². The Labute approximate surface area is 113 Å². The third kappa shape index (κ3) is 3.07. The molecule has 19 heavy (non-hydrogen) atoms. The number of nitrogens with one attached hydrogen (secondary N) is 1. The van der Waals surface area contributed by atoms with Gasteiger partial charge in [0.15, 0.2) is 0 Å². The second-order valence-corrected chi connectivity index (χ2v) is 5.45. The highest BCUT2D eigenvalue weighted by Gasteiger charge is 2.23. The molecule has 3 N–H and O–H groups in total. The van der Waals surface area contributed by atoms with Crippen molar-refractivity contribution in [1.82, 2.24) is 5.32 Å². The number of ether oxygens (including phenoxy) is 1. The van der Waals surface area contributed by atoms with E-state index in [-0.39, 0.29) is 11.9 Å². The van der Waals surface area contributed by atoms with Crippen molar-refractivity contribution in [2.45, 2.75) is 44.2 Å². The van der Waals surface area contributed by atoms with Crippen LogP contribution in [0.15, 0.2) is 18.2 Å². The van der Waals surface area contributed by atoms with Gasteiger partial charge in [-0.15, -0.1) is 0 Å². The fraction of sp³-hybridized carbons (Fsp3) is 0.533. The van der Waals surface area contributed by atoms with Crippen molar-refractivity contribution in [3.8, 4) is 5.75 Å². The standard InChI is InChI=1S/C15H20N2O2/c16-14-6-1-10-9-12(4-5-13(10)14)19-8-7-15(18)17-11-2-3-11/h4-5,9,11,14H,1-3,6-8,16H2,(H,17,18)/t14-/m1/s1. The Morgan fingerprint density at radius 2 is 2.21 bits per heavy atom. The van der Waals surface area contributed by atoms with E-state index in [2.05, 4.69) is 11.4 Å². The zero-order chi connectivity index (χ0) is 13.2. The number of benzene rings is 1. The van der Waals surface area contributed by atoms with Crippen molar-refractivity contribution in [2.24, 2.45) is 5.73 Å². The van der Waals surface area contributed by atoms with Crippen LogP contribution in [0.3, 0.4) is 0 Å². The van der Waals surface area contributed by atoms with Crippen LogP contribution in [0.1, 0.15) is 42.9 Å². The summed E-state index contributed by atoms with van der Waals surface area (Å²) in [5.41, 5.74) is 8.51. The van der Waals surface area contributed by atoms with Crippen LogP contribution in [0, 0.1) is 0 Å². The molecule has 102 valence electrons. The molecule has 0 aliphatic heterocycles. The van der Waals surface area contributed by atoms with Gasteiger partial charge in [-0.05, 0) is 48.9 Å². The summed E-state index contributed by atoms with van der Waals surface area (Å²) in [6.07, 6.45) is 4.71. The number of aryl methyl sites for hydroxylation is 1. The van der Waals surface area contributed by atoms with Gasteiger partial charge in [0, 0.05) is 12.1 Å². The fourth-order valence-corrected chi connectivity index (χ4v) is 2.51. The molecule has 4 nitrogen and oxygen atoms in total. The van der Waals surface area contributed by atoms with Crippen LogP contribution < -0.4 is 15.8 Å². The predicted octanol–water partition coefficient (Wildman–Crippen LogP) is 1.68. The molecule has 0 heterocycles. The number of hydrogen-bond acceptors (Lipinski definition) is 3. The normalized spacial score (nSPS) is 21.0. The smallest absolute Gasteiger partial charge is 0.223 e. The Balaban J connectivity index is 1.48. The molecular weight excluding hydrogens is 240 g/mol. The number of hydrogen-bond donors (Lipinski definition) is 2. The first-order chi connectivity index (χ1) is 9.22. The molecular formula is C15H20N2O2. The average molecular weight is 260 g/mol. The minimum absolute atomic E-state index is 0.0886. The summed E-state index contributed by atoms with van der Waals surface area (Å²) in [6.45, 7) is 0.434. The van der Waals surface area contributed by atoms with Gasteiger partial charge in [-0.25, -0.2) is 0 Å². The first-order valence-electron chi connectivity index (χ1n) is 7.03. The van der Waals surface area contributed by atoms with E-state index in [0.29, 0.717) is 19.1 Å². The van der Waals surface area contributed by atoms with E-state index >= 15 is 0 Å². The lowest BCUT2D eigenvalue weighted by Gasteiger charge is -2.09. The monoisotopic (exact) mass is 260 g/mol. The maximum absolute atomic E-state index is 11.5. The Kier molecular flexibility index (Phi) is 3.42. The largest absolute Gasteiger partial charge is 0.493 e. The number of fused-ring (bicyclic) bond motifs is 1. The first kappa shape index (κ1) is 12.5. The van der Waals surface area contributed by atoms with Crippen LogP contribution >= 0.6 is 0 Å². The summed E-state index contributed by atoms with van der Waals surface area (Å²) in [5, 5.41) is 2.95. The maximum atomic E-state index is 11.5. The molecule has 1 aromatic rings. The molecule has 1 saturated carbocycles. The van der Waals surface area contributed by atoms with Gasteiger partial charge in [0.1, 0.15) is 5.75 Å².